The van der Waals surface area contributed by atoms with Crippen LogP contribution in [-0.4, -0.2) is 25.3 Å². The number of hydrogen-bond acceptors (Lipinski definition) is 3. The zero-order chi connectivity index (χ0) is 7.98. The molecule has 1 saturated heterocycles. The molecule has 4 N–H and O–H groups in total. The molecule has 0 aromatic rings. The molecule has 10 heavy (non-hydrogen) atoms. The van der Waals surface area contributed by atoms with E-state index in [1.165, 1.54) is 0 Å². The Kier molecular flexibility index (Phi) is 5.58. The summed E-state index contributed by atoms with van der Waals surface area (Å²) >= 11 is 0. The van der Waals surface area contributed by atoms with E-state index in [1.807, 2.05) is 13.8 Å². The molecule has 0 radical (unpaired) electrons. The molecular weight excluding hydrogens is 128 g/mol. The smallest absolute Gasteiger partial charge is 0.0632 e. The first-order valence-electron chi connectivity index (χ1n) is 3.89. The number of ether oxygens (including phenoxy) is 1. The van der Waals surface area contributed by atoms with Gasteiger partial charge in [0.2, 0.25) is 0 Å². The summed E-state index contributed by atoms with van der Waals surface area (Å²) in [6.07, 6.45) is 0.904. The van der Waals surface area contributed by atoms with Crippen LogP contribution in [0.1, 0.15) is 20.3 Å². The van der Waals surface area contributed by atoms with Crippen molar-refractivity contribution < 1.29 is 4.74 Å². The average Bonchev–Trinajstić information content (AvgIpc) is 2.00. The monoisotopic (exact) mass is 146 g/mol. The minimum absolute atomic E-state index is 0.0590. The molecule has 0 aliphatic carbocycles. The molecule has 0 bridgehead atoms. The van der Waals surface area contributed by atoms with Crippen LogP contribution in [0.4, 0.5) is 0 Å². The molecule has 0 spiro atoms. The van der Waals surface area contributed by atoms with Crippen molar-refractivity contribution in [2.24, 2.45) is 11.5 Å². The van der Waals surface area contributed by atoms with Gasteiger partial charge in [-0.25, -0.2) is 0 Å². The fourth-order valence-corrected chi connectivity index (χ4v) is 0.777. The van der Waals surface area contributed by atoms with Gasteiger partial charge in [0, 0.05) is 18.7 Å². The Morgan fingerprint density at radius 1 is 1.20 bits per heavy atom. The van der Waals surface area contributed by atoms with Gasteiger partial charge in [0.1, 0.15) is 0 Å². The van der Waals surface area contributed by atoms with Crippen LogP contribution in [0, 0.1) is 0 Å². The molecule has 2 atom stereocenters. The van der Waals surface area contributed by atoms with Crippen LogP contribution >= 0.6 is 0 Å². The van der Waals surface area contributed by atoms with E-state index in [2.05, 4.69) is 0 Å². The van der Waals surface area contributed by atoms with Crippen molar-refractivity contribution in [3.63, 3.8) is 0 Å². The normalized spacial score (nSPS) is 32.4. The van der Waals surface area contributed by atoms with Crippen LogP contribution < -0.4 is 11.5 Å². The molecule has 1 aliphatic heterocycles. The molecule has 3 nitrogen and oxygen atoms in total. The third-order valence-electron chi connectivity index (χ3n) is 1.46. The van der Waals surface area contributed by atoms with Gasteiger partial charge in [-0.05, 0) is 6.42 Å². The summed E-state index contributed by atoms with van der Waals surface area (Å²) in [4.78, 5) is 0. The van der Waals surface area contributed by atoms with Gasteiger partial charge < -0.3 is 16.2 Å². The van der Waals surface area contributed by atoms with Gasteiger partial charge in [-0.15, -0.1) is 0 Å². The lowest BCUT2D eigenvalue weighted by atomic mass is 10.1. The van der Waals surface area contributed by atoms with Gasteiger partial charge in [-0.1, -0.05) is 13.8 Å². The van der Waals surface area contributed by atoms with Crippen LogP contribution in [0.5, 0.6) is 0 Å². The predicted molar refractivity (Wildman–Crippen MR) is 42.7 cm³/mol. The molecule has 3 heteroatoms. The second-order valence-electron chi connectivity index (χ2n) is 2.19. The van der Waals surface area contributed by atoms with Crippen molar-refractivity contribution >= 4 is 0 Å². The molecule has 0 aromatic carbocycles. The summed E-state index contributed by atoms with van der Waals surface area (Å²) in [7, 11) is 0. The van der Waals surface area contributed by atoms with Crippen LogP contribution in [-0.2, 0) is 4.74 Å². The van der Waals surface area contributed by atoms with Crippen molar-refractivity contribution in [1.29, 1.82) is 0 Å². The average molecular weight is 146 g/mol. The number of rotatable bonds is 0. The maximum absolute atomic E-state index is 5.57. The van der Waals surface area contributed by atoms with E-state index in [4.69, 9.17) is 16.2 Å². The Morgan fingerprint density at radius 2 is 1.80 bits per heavy atom. The van der Waals surface area contributed by atoms with Gasteiger partial charge in [0.25, 0.3) is 0 Å². The molecule has 0 amide bonds. The maximum atomic E-state index is 5.57. The maximum Gasteiger partial charge on any atom is 0.0632 e. The summed E-state index contributed by atoms with van der Waals surface area (Å²) < 4.78 is 5.05. The summed E-state index contributed by atoms with van der Waals surface area (Å²) in [6.45, 7) is 5.40. The van der Waals surface area contributed by atoms with Gasteiger partial charge in [-0.2, -0.15) is 0 Å². The lowest BCUT2D eigenvalue weighted by molar-refractivity contribution is 0.0711. The standard InChI is InChI=1S/C5H12N2O.C2H6/c6-4-1-2-8-3-5(4)7;1-2/h4-5H,1-3,6-7H2;1-2H3/t4-,5+;/m1./s1. The topological polar surface area (TPSA) is 61.3 Å². The van der Waals surface area contributed by atoms with Crippen molar-refractivity contribution in [2.75, 3.05) is 13.2 Å². The van der Waals surface area contributed by atoms with E-state index in [1.54, 1.807) is 0 Å². The van der Waals surface area contributed by atoms with Gasteiger partial charge in [-0.3, -0.25) is 0 Å². The summed E-state index contributed by atoms with van der Waals surface area (Å²) in [5.74, 6) is 0. The molecule has 62 valence electrons. The zero-order valence-corrected chi connectivity index (χ0v) is 6.84. The fraction of sp³-hybridized carbons (Fsp3) is 1.00. The fourth-order valence-electron chi connectivity index (χ4n) is 0.777. The summed E-state index contributed by atoms with van der Waals surface area (Å²) in [5.41, 5.74) is 11.1. The third kappa shape index (κ3) is 3.15. The van der Waals surface area contributed by atoms with E-state index >= 15 is 0 Å². The molecule has 1 aliphatic rings. The number of hydrogen-bond donors (Lipinski definition) is 2. The first-order chi connectivity index (χ1) is 4.80. The van der Waals surface area contributed by atoms with Crippen molar-refractivity contribution in [1.82, 2.24) is 0 Å². The lowest BCUT2D eigenvalue weighted by Crippen LogP contribution is -2.48. The van der Waals surface area contributed by atoms with E-state index in [0.29, 0.717) is 6.61 Å². The van der Waals surface area contributed by atoms with Crippen LogP contribution in [0.25, 0.3) is 0 Å². The van der Waals surface area contributed by atoms with E-state index in [-0.39, 0.29) is 12.1 Å². The molecule has 1 fully saturated rings. The molecular formula is C7H18N2O. The first kappa shape index (κ1) is 9.88. The van der Waals surface area contributed by atoms with E-state index in [0.717, 1.165) is 13.0 Å². The van der Waals surface area contributed by atoms with E-state index < -0.39 is 0 Å². The predicted octanol–water partition coefficient (Wildman–Crippen LogP) is 0.0875. The SMILES string of the molecule is CC.N[C@@H]1CCOC[C@@H]1N. The van der Waals surface area contributed by atoms with Crippen molar-refractivity contribution in [3.05, 3.63) is 0 Å². The van der Waals surface area contributed by atoms with Gasteiger partial charge in [0.15, 0.2) is 0 Å². The zero-order valence-electron chi connectivity index (χ0n) is 6.84. The highest BCUT2D eigenvalue weighted by molar-refractivity contribution is 4.78. The molecule has 1 rings (SSSR count). The molecule has 0 saturated carbocycles. The Morgan fingerprint density at radius 3 is 2.10 bits per heavy atom. The molecule has 0 aromatic heterocycles. The highest BCUT2D eigenvalue weighted by Gasteiger charge is 2.17. The second-order valence-corrected chi connectivity index (χ2v) is 2.19. The third-order valence-corrected chi connectivity index (χ3v) is 1.46. The molecule has 0 unspecified atom stereocenters. The quantitative estimate of drug-likeness (QED) is 0.509. The van der Waals surface area contributed by atoms with Gasteiger partial charge >= 0.3 is 0 Å². The van der Waals surface area contributed by atoms with Gasteiger partial charge in [0.05, 0.1) is 6.61 Å². The van der Waals surface area contributed by atoms with E-state index in [9.17, 15) is 0 Å². The number of nitrogens with two attached hydrogens (primary N) is 2. The highest BCUT2D eigenvalue weighted by atomic mass is 16.5. The Balaban J connectivity index is 0.000000371. The van der Waals surface area contributed by atoms with Crippen LogP contribution in [0.2, 0.25) is 0 Å². The summed E-state index contributed by atoms with van der Waals surface area (Å²) in [6, 6.07) is 0.215. The highest BCUT2D eigenvalue weighted by Crippen LogP contribution is 2.01. The Labute approximate surface area is 62.7 Å². The minimum atomic E-state index is 0.0590. The first-order valence-corrected chi connectivity index (χ1v) is 3.89. The minimum Gasteiger partial charge on any atom is -0.380 e. The Hall–Kier alpha value is -0.120. The summed E-state index contributed by atoms with van der Waals surface area (Å²) in [5, 5.41) is 0. The largest absolute Gasteiger partial charge is 0.380 e. The molecule has 1 heterocycles. The van der Waals surface area contributed by atoms with Crippen molar-refractivity contribution in [2.45, 2.75) is 32.4 Å². The Bertz CT molecular complexity index is 68.0. The lowest BCUT2D eigenvalue weighted by Gasteiger charge is -2.24. The van der Waals surface area contributed by atoms with Crippen molar-refractivity contribution in [3.8, 4) is 0 Å². The van der Waals surface area contributed by atoms with Crippen LogP contribution in [0.15, 0.2) is 0 Å². The second kappa shape index (κ2) is 5.65. The van der Waals surface area contributed by atoms with Crippen LogP contribution in [0.3, 0.4) is 0 Å².